The molecule has 2 nitrogen and oxygen atoms in total. The Morgan fingerprint density at radius 2 is 1.43 bits per heavy atom. The van der Waals surface area contributed by atoms with Gasteiger partial charge in [0.05, 0.1) is 6.54 Å². The van der Waals surface area contributed by atoms with Gasteiger partial charge in [0.1, 0.15) is 0 Å². The van der Waals surface area contributed by atoms with E-state index in [1.54, 1.807) is 6.92 Å². The maximum absolute atomic E-state index is 14.2. The molecule has 0 spiro atoms. The molecule has 47 heavy (non-hydrogen) atoms. The molecular formula is C43H67F2NO. The molecule has 0 radical (unpaired) electrons. The molecule has 0 amide bonds. The van der Waals surface area contributed by atoms with Crippen LogP contribution in [-0.2, 0) is 12.8 Å². The molecule has 2 rings (SSSR count). The summed E-state index contributed by atoms with van der Waals surface area (Å²) in [5, 5.41) is 0. The van der Waals surface area contributed by atoms with E-state index >= 15 is 0 Å². The fourth-order valence-corrected chi connectivity index (χ4v) is 7.03. The maximum atomic E-state index is 14.2. The van der Waals surface area contributed by atoms with E-state index in [0.29, 0.717) is 25.4 Å². The van der Waals surface area contributed by atoms with Gasteiger partial charge in [-0.2, -0.15) is 0 Å². The molecule has 0 bridgehead atoms. The molecular weight excluding hydrogens is 584 g/mol. The molecule has 0 aliphatic rings. The molecule has 0 saturated heterocycles. The third kappa shape index (κ3) is 14.0. The number of hydrogen-bond donors (Lipinski definition) is 0. The van der Waals surface area contributed by atoms with Gasteiger partial charge in [0.2, 0.25) is 0 Å². The zero-order chi connectivity index (χ0) is 35.4. The summed E-state index contributed by atoms with van der Waals surface area (Å²) in [6.07, 6.45) is 10.3. The van der Waals surface area contributed by atoms with Crippen molar-refractivity contribution >= 4 is 11.4 Å². The van der Waals surface area contributed by atoms with Gasteiger partial charge in [0.25, 0.3) is 5.92 Å². The predicted molar refractivity (Wildman–Crippen MR) is 200 cm³/mol. The van der Waals surface area contributed by atoms with Crippen LogP contribution >= 0.6 is 0 Å². The summed E-state index contributed by atoms with van der Waals surface area (Å²) in [5.41, 5.74) is 11.3. The number of benzene rings is 2. The van der Waals surface area contributed by atoms with Crippen LogP contribution in [0.2, 0.25) is 0 Å². The van der Waals surface area contributed by atoms with Crippen molar-refractivity contribution in [1.29, 1.82) is 0 Å². The summed E-state index contributed by atoms with van der Waals surface area (Å²) in [6.45, 7) is 26.8. The first kappa shape index (κ1) is 40.8. The number of rotatable bonds is 21. The second kappa shape index (κ2) is 19.0. The molecule has 1 atom stereocenters. The lowest BCUT2D eigenvalue weighted by atomic mass is 9.83. The number of carbonyl (C=O) groups excluding carboxylic acids is 1. The molecule has 0 heterocycles. The van der Waals surface area contributed by atoms with E-state index in [9.17, 15) is 13.6 Å². The van der Waals surface area contributed by atoms with Gasteiger partial charge < -0.3 is 0 Å². The second-order valence-corrected chi connectivity index (χ2v) is 15.6. The van der Waals surface area contributed by atoms with E-state index in [1.165, 1.54) is 44.5 Å². The highest BCUT2D eigenvalue weighted by Gasteiger charge is 2.29. The number of carbonyl (C=O) groups is 1. The minimum atomic E-state index is -2.63. The normalized spacial score (nSPS) is 13.0. The van der Waals surface area contributed by atoms with Gasteiger partial charge in [-0.25, -0.2) is 8.78 Å². The quantitative estimate of drug-likeness (QED) is 0.0989. The number of Topliss-reactive ketones (excluding diaryl/α,β-unsaturated/α-hetero) is 1. The van der Waals surface area contributed by atoms with Crippen molar-refractivity contribution in [2.75, 3.05) is 19.6 Å². The highest BCUT2D eigenvalue weighted by atomic mass is 19.3. The van der Waals surface area contributed by atoms with Crippen LogP contribution in [0.15, 0.2) is 30.8 Å². The van der Waals surface area contributed by atoms with Crippen molar-refractivity contribution in [2.45, 2.75) is 152 Å². The van der Waals surface area contributed by atoms with Crippen LogP contribution in [0.1, 0.15) is 155 Å². The average molecular weight is 652 g/mol. The number of halogens is 2. The third-order valence-corrected chi connectivity index (χ3v) is 9.95. The van der Waals surface area contributed by atoms with Gasteiger partial charge >= 0.3 is 0 Å². The van der Waals surface area contributed by atoms with Crippen LogP contribution in [0.5, 0.6) is 0 Å². The van der Waals surface area contributed by atoms with Crippen LogP contribution in [-0.4, -0.2) is 36.2 Å². The molecule has 4 heteroatoms. The van der Waals surface area contributed by atoms with Crippen molar-refractivity contribution < 1.29 is 13.6 Å². The van der Waals surface area contributed by atoms with Gasteiger partial charge in [-0.15, -0.1) is 0 Å². The Labute approximate surface area is 287 Å². The van der Waals surface area contributed by atoms with Gasteiger partial charge in [-0.1, -0.05) is 79.5 Å². The number of hydrogen-bond acceptors (Lipinski definition) is 2. The van der Waals surface area contributed by atoms with E-state index in [4.69, 9.17) is 0 Å². The Morgan fingerprint density at radius 1 is 0.830 bits per heavy atom. The Kier molecular flexibility index (Phi) is 16.5. The van der Waals surface area contributed by atoms with E-state index in [0.717, 1.165) is 69.8 Å². The summed E-state index contributed by atoms with van der Waals surface area (Å²) < 4.78 is 28.3. The van der Waals surface area contributed by atoms with Crippen molar-refractivity contribution in [1.82, 2.24) is 4.90 Å². The Morgan fingerprint density at radius 3 is 1.98 bits per heavy atom. The van der Waals surface area contributed by atoms with Gasteiger partial charge in [0, 0.05) is 18.4 Å². The summed E-state index contributed by atoms with van der Waals surface area (Å²) >= 11 is 0. The number of aryl methyl sites for hydroxylation is 4. The lowest BCUT2D eigenvalue weighted by Crippen LogP contribution is -2.37. The van der Waals surface area contributed by atoms with Crippen LogP contribution in [0.3, 0.4) is 0 Å². The first-order valence-corrected chi connectivity index (χ1v) is 18.5. The van der Waals surface area contributed by atoms with Crippen LogP contribution in [0.25, 0.3) is 5.57 Å². The topological polar surface area (TPSA) is 20.3 Å². The molecule has 2 aromatic rings. The van der Waals surface area contributed by atoms with Gasteiger partial charge in [0.15, 0.2) is 5.78 Å². The Balaban J connectivity index is 2.12. The molecule has 0 N–H and O–H groups in total. The molecule has 0 aliphatic carbocycles. The number of alkyl halides is 2. The first-order valence-electron chi connectivity index (χ1n) is 18.5. The van der Waals surface area contributed by atoms with E-state index in [2.05, 4.69) is 81.0 Å². The van der Waals surface area contributed by atoms with Gasteiger partial charge in [-0.3, -0.25) is 9.69 Å². The number of nitrogens with zero attached hydrogens (tertiary/aromatic N) is 1. The Bertz CT molecular complexity index is 1280. The van der Waals surface area contributed by atoms with Crippen molar-refractivity contribution in [3.05, 3.63) is 75.4 Å². The third-order valence-electron chi connectivity index (χ3n) is 9.95. The maximum Gasteiger partial charge on any atom is 0.260 e. The molecule has 0 saturated carbocycles. The second-order valence-electron chi connectivity index (χ2n) is 15.6. The zero-order valence-corrected chi connectivity index (χ0v) is 31.8. The Hall–Kier alpha value is -2.33. The molecule has 264 valence electrons. The van der Waals surface area contributed by atoms with E-state index in [1.807, 2.05) is 17.0 Å². The van der Waals surface area contributed by atoms with Crippen molar-refractivity contribution in [3.8, 4) is 0 Å². The number of unbranched alkanes of at least 4 members (excludes halogenated alkanes) is 2. The minimum absolute atomic E-state index is 0.120. The molecule has 0 fully saturated rings. The van der Waals surface area contributed by atoms with Crippen LogP contribution in [0.4, 0.5) is 8.78 Å². The van der Waals surface area contributed by atoms with Crippen LogP contribution in [0, 0.1) is 39.0 Å². The van der Waals surface area contributed by atoms with Crippen LogP contribution < -0.4 is 0 Å². The number of ketones is 1. The lowest BCUT2D eigenvalue weighted by Gasteiger charge is -2.26. The molecule has 0 aromatic heterocycles. The average Bonchev–Trinajstić information content (AvgIpc) is 2.98. The zero-order valence-electron chi connectivity index (χ0n) is 31.8. The minimum Gasteiger partial charge on any atom is -0.298 e. The smallest absolute Gasteiger partial charge is 0.260 e. The first-order chi connectivity index (χ1) is 22.0. The van der Waals surface area contributed by atoms with Crippen molar-refractivity contribution in [2.24, 2.45) is 11.3 Å². The summed E-state index contributed by atoms with van der Waals surface area (Å²) in [4.78, 5) is 15.5. The highest BCUT2D eigenvalue weighted by molar-refractivity contribution is 5.96. The fraction of sp³-hybridized carbons (Fsp3) is 0.651. The molecule has 1 unspecified atom stereocenters. The summed E-state index contributed by atoms with van der Waals surface area (Å²) in [7, 11) is 0. The standard InChI is InChI=1S/C43H67F2NO/c1-12-22-46(30-43(44,45)14-3)23-18-17-20-36(27-41(47)39-24-31(4)35(8)32(5)25-39)19-15-16-21-37-28-38(26-33(6)40(37)13-2)34(7)29-42(9,10)11/h24-26,28,36H,7,12-23,27,29-30H2,1-6,8-11H3. The van der Waals surface area contributed by atoms with Crippen molar-refractivity contribution in [3.63, 3.8) is 0 Å². The number of allylic oxidation sites excluding steroid dienone is 1. The summed E-state index contributed by atoms with van der Waals surface area (Å²) in [5.74, 6) is -2.11. The largest absolute Gasteiger partial charge is 0.298 e. The SMILES string of the molecule is C=C(CC(C)(C)C)c1cc(C)c(CC)c(CCCCC(CCCCN(CCC)CC(F)(F)CC)CC(=O)c2cc(C)c(C)c(C)c2)c1. The highest BCUT2D eigenvalue weighted by Crippen LogP contribution is 2.32. The molecule has 0 aliphatic heterocycles. The molecule has 2 aromatic carbocycles. The van der Waals surface area contributed by atoms with E-state index in [-0.39, 0.29) is 24.2 Å². The monoisotopic (exact) mass is 652 g/mol. The fourth-order valence-electron chi connectivity index (χ4n) is 7.03. The van der Waals surface area contributed by atoms with Gasteiger partial charge in [-0.05, 0) is 154 Å². The predicted octanol–water partition coefficient (Wildman–Crippen LogP) is 12.5. The summed E-state index contributed by atoms with van der Waals surface area (Å²) in [6, 6.07) is 8.80. The lowest BCUT2D eigenvalue weighted by molar-refractivity contribution is -0.0355. The van der Waals surface area contributed by atoms with E-state index < -0.39 is 5.92 Å².